The maximum Gasteiger partial charge on any atom is 0.304 e. The number of rotatable bonds is 7. The second-order valence-corrected chi connectivity index (χ2v) is 6.81. The van der Waals surface area contributed by atoms with Crippen molar-refractivity contribution in [3.8, 4) is 0 Å². The first kappa shape index (κ1) is 16.4. The predicted molar refractivity (Wildman–Crippen MR) is 72.1 cm³/mol. The smallest absolute Gasteiger partial charge is 0.304 e. The van der Waals surface area contributed by atoms with E-state index in [4.69, 9.17) is 5.11 Å². The van der Waals surface area contributed by atoms with E-state index in [2.05, 4.69) is 9.62 Å². The van der Waals surface area contributed by atoms with Crippen molar-refractivity contribution in [2.24, 2.45) is 0 Å². The van der Waals surface area contributed by atoms with E-state index in [0.29, 0.717) is 6.54 Å². The molecule has 0 amide bonds. The van der Waals surface area contributed by atoms with Crippen LogP contribution in [0.25, 0.3) is 0 Å². The Kier molecular flexibility index (Phi) is 6.18. The number of hydrogen-bond acceptors (Lipinski definition) is 4. The summed E-state index contributed by atoms with van der Waals surface area (Å²) in [5.74, 6) is -1.01. The van der Waals surface area contributed by atoms with Crippen LogP contribution in [0.2, 0.25) is 0 Å². The van der Waals surface area contributed by atoms with E-state index in [0.717, 1.165) is 30.1 Å². The largest absolute Gasteiger partial charge is 0.481 e. The van der Waals surface area contributed by atoms with Gasteiger partial charge in [-0.05, 0) is 26.4 Å². The van der Waals surface area contributed by atoms with Crippen LogP contribution in [0, 0.1) is 0 Å². The Morgan fingerprint density at radius 1 is 1.47 bits per heavy atom. The van der Waals surface area contributed by atoms with Crippen LogP contribution in [0.4, 0.5) is 0 Å². The molecule has 19 heavy (non-hydrogen) atoms. The molecule has 2 N–H and O–H groups in total. The number of piperidine rings is 1. The van der Waals surface area contributed by atoms with Crippen LogP contribution in [-0.2, 0) is 15.0 Å². The van der Waals surface area contributed by atoms with E-state index in [1.165, 1.54) is 7.05 Å². The van der Waals surface area contributed by atoms with Gasteiger partial charge in [-0.1, -0.05) is 6.42 Å². The number of nitrogens with one attached hydrogen (secondary N) is 1. The van der Waals surface area contributed by atoms with Gasteiger partial charge in [0.15, 0.2) is 0 Å². The summed E-state index contributed by atoms with van der Waals surface area (Å²) >= 11 is 0. The second kappa shape index (κ2) is 7.18. The molecule has 0 spiro atoms. The third kappa shape index (κ3) is 5.43. The SMILES string of the molecule is CN1CCCCC1CNS(=O)(=O)N(C)CCC(=O)O. The van der Waals surface area contributed by atoms with Crippen molar-refractivity contribution in [1.29, 1.82) is 0 Å². The number of likely N-dealkylation sites (N-methyl/N-ethyl adjacent to an activating group) is 1. The van der Waals surface area contributed by atoms with Gasteiger partial charge < -0.3 is 10.0 Å². The molecule has 1 saturated heterocycles. The van der Waals surface area contributed by atoms with Gasteiger partial charge in [0, 0.05) is 26.2 Å². The highest BCUT2D eigenvalue weighted by Gasteiger charge is 2.23. The van der Waals surface area contributed by atoms with Crippen LogP contribution in [0.1, 0.15) is 25.7 Å². The van der Waals surface area contributed by atoms with Gasteiger partial charge in [0.25, 0.3) is 10.2 Å². The molecule has 0 radical (unpaired) electrons. The Labute approximate surface area is 114 Å². The van der Waals surface area contributed by atoms with Gasteiger partial charge in [-0.15, -0.1) is 0 Å². The zero-order valence-electron chi connectivity index (χ0n) is 11.5. The molecule has 0 aromatic heterocycles. The maximum absolute atomic E-state index is 11.9. The summed E-state index contributed by atoms with van der Waals surface area (Å²) < 4.78 is 27.4. The Bertz CT molecular complexity index is 399. The van der Waals surface area contributed by atoms with Gasteiger partial charge >= 0.3 is 5.97 Å². The third-order valence-corrected chi connectivity index (χ3v) is 5.01. The summed E-state index contributed by atoms with van der Waals surface area (Å²) in [5, 5.41) is 8.55. The summed E-state index contributed by atoms with van der Waals surface area (Å²) in [4.78, 5) is 12.6. The van der Waals surface area contributed by atoms with Crippen molar-refractivity contribution in [3.05, 3.63) is 0 Å². The summed E-state index contributed by atoms with van der Waals surface area (Å²) in [7, 11) is -0.208. The molecule has 1 heterocycles. The van der Waals surface area contributed by atoms with Gasteiger partial charge in [-0.2, -0.15) is 12.7 Å². The van der Waals surface area contributed by atoms with Crippen LogP contribution < -0.4 is 4.72 Å². The van der Waals surface area contributed by atoms with E-state index < -0.39 is 16.2 Å². The summed E-state index contributed by atoms with van der Waals surface area (Å²) in [5.41, 5.74) is 0. The average Bonchev–Trinajstić information content (AvgIpc) is 2.34. The van der Waals surface area contributed by atoms with Crippen molar-refractivity contribution in [2.45, 2.75) is 31.7 Å². The lowest BCUT2D eigenvalue weighted by molar-refractivity contribution is -0.137. The molecule has 1 aliphatic heterocycles. The van der Waals surface area contributed by atoms with Gasteiger partial charge in [0.1, 0.15) is 0 Å². The molecule has 0 bridgehead atoms. The molecular weight excluding hydrogens is 270 g/mol. The minimum Gasteiger partial charge on any atom is -0.481 e. The fourth-order valence-electron chi connectivity index (χ4n) is 2.09. The first-order valence-corrected chi connectivity index (χ1v) is 7.90. The minimum absolute atomic E-state index is 0.0226. The minimum atomic E-state index is -3.59. The highest BCUT2D eigenvalue weighted by Crippen LogP contribution is 2.14. The van der Waals surface area contributed by atoms with E-state index in [1.54, 1.807) is 0 Å². The summed E-state index contributed by atoms with van der Waals surface area (Å²) in [6, 6.07) is 0.219. The lowest BCUT2D eigenvalue weighted by Crippen LogP contribution is -2.47. The quantitative estimate of drug-likeness (QED) is 0.673. The van der Waals surface area contributed by atoms with Gasteiger partial charge in [-0.3, -0.25) is 4.79 Å². The number of aliphatic carboxylic acids is 1. The molecule has 1 unspecified atom stereocenters. The van der Waals surface area contributed by atoms with E-state index in [9.17, 15) is 13.2 Å². The first-order chi connectivity index (χ1) is 8.83. The number of nitrogens with zero attached hydrogens (tertiary/aromatic N) is 2. The normalized spacial score (nSPS) is 21.7. The Hall–Kier alpha value is -0.700. The molecule has 1 aliphatic rings. The molecule has 7 nitrogen and oxygen atoms in total. The zero-order chi connectivity index (χ0) is 14.5. The fraction of sp³-hybridized carbons (Fsp3) is 0.909. The molecule has 8 heteroatoms. The number of carbonyl (C=O) groups is 1. The maximum atomic E-state index is 11.9. The van der Waals surface area contributed by atoms with Gasteiger partial charge in [0.05, 0.1) is 6.42 Å². The number of likely N-dealkylation sites (tertiary alicyclic amines) is 1. The van der Waals surface area contributed by atoms with Crippen molar-refractivity contribution >= 4 is 16.2 Å². The van der Waals surface area contributed by atoms with Crippen molar-refractivity contribution in [2.75, 3.05) is 33.7 Å². The average molecular weight is 293 g/mol. The second-order valence-electron chi connectivity index (χ2n) is 4.95. The van der Waals surface area contributed by atoms with Crippen molar-refractivity contribution in [3.63, 3.8) is 0 Å². The lowest BCUT2D eigenvalue weighted by Gasteiger charge is -2.32. The Balaban J connectivity index is 2.43. The predicted octanol–water partition coefficient (Wildman–Crippen LogP) is -0.288. The number of hydrogen-bond donors (Lipinski definition) is 2. The van der Waals surface area contributed by atoms with Crippen molar-refractivity contribution in [1.82, 2.24) is 13.9 Å². The Morgan fingerprint density at radius 2 is 2.16 bits per heavy atom. The number of carboxylic acids is 1. The molecule has 1 atom stereocenters. The molecule has 1 fully saturated rings. The molecule has 112 valence electrons. The summed E-state index contributed by atoms with van der Waals surface area (Å²) in [6.07, 6.45) is 3.06. The molecule has 0 aromatic rings. The van der Waals surface area contributed by atoms with Crippen LogP contribution in [0.5, 0.6) is 0 Å². The topological polar surface area (TPSA) is 90.0 Å². The van der Waals surface area contributed by atoms with E-state index in [1.807, 2.05) is 7.05 Å². The molecule has 0 aromatic carbocycles. The zero-order valence-corrected chi connectivity index (χ0v) is 12.3. The molecule has 1 rings (SSSR count). The van der Waals surface area contributed by atoms with E-state index in [-0.39, 0.29) is 19.0 Å². The van der Waals surface area contributed by atoms with Crippen LogP contribution >= 0.6 is 0 Å². The van der Waals surface area contributed by atoms with E-state index >= 15 is 0 Å². The summed E-state index contributed by atoms with van der Waals surface area (Å²) in [6.45, 7) is 1.34. The third-order valence-electron chi connectivity index (χ3n) is 3.47. The number of carboxylic acid groups (broad SMARTS) is 1. The molecule has 0 saturated carbocycles. The highest BCUT2D eigenvalue weighted by atomic mass is 32.2. The van der Waals surface area contributed by atoms with Gasteiger partial charge in [-0.25, -0.2) is 4.72 Å². The van der Waals surface area contributed by atoms with Crippen molar-refractivity contribution < 1.29 is 18.3 Å². The lowest BCUT2D eigenvalue weighted by atomic mass is 10.0. The monoisotopic (exact) mass is 293 g/mol. The fourth-order valence-corrected chi connectivity index (χ4v) is 3.04. The molecular formula is C11H23N3O4S. The Morgan fingerprint density at radius 3 is 2.74 bits per heavy atom. The standard InChI is InChI=1S/C11H23N3O4S/c1-13-7-4-3-5-10(13)9-12-19(17,18)14(2)8-6-11(15)16/h10,12H,3-9H2,1-2H3,(H,15,16). The van der Waals surface area contributed by atoms with Crippen LogP contribution in [0.3, 0.4) is 0 Å². The van der Waals surface area contributed by atoms with Gasteiger partial charge in [0.2, 0.25) is 0 Å². The van der Waals surface area contributed by atoms with Crippen LogP contribution in [-0.4, -0.2) is 68.5 Å². The first-order valence-electron chi connectivity index (χ1n) is 6.46. The highest BCUT2D eigenvalue weighted by molar-refractivity contribution is 7.87. The molecule has 0 aliphatic carbocycles. The van der Waals surface area contributed by atoms with Crippen LogP contribution in [0.15, 0.2) is 0 Å².